The minimum Gasteiger partial charge on any atom is -0.378 e. The quantitative estimate of drug-likeness (QED) is 0.763. The molecule has 3 rings (SSSR count). The van der Waals surface area contributed by atoms with E-state index in [0.29, 0.717) is 0 Å². The Kier molecular flexibility index (Phi) is 5.81. The van der Waals surface area contributed by atoms with Crippen LogP contribution in [0.5, 0.6) is 0 Å². The normalized spacial score (nSPS) is 15.0. The maximum absolute atomic E-state index is 5.48. The Morgan fingerprint density at radius 1 is 1.12 bits per heavy atom. The van der Waals surface area contributed by atoms with Gasteiger partial charge in [0.2, 0.25) is 6.20 Å². The van der Waals surface area contributed by atoms with E-state index in [1.165, 1.54) is 17.5 Å². The largest absolute Gasteiger partial charge is 0.378 e. The number of nitrogens with zero attached hydrogens (tertiary/aromatic N) is 3. The van der Waals surface area contributed by atoms with Gasteiger partial charge in [0, 0.05) is 30.7 Å². The van der Waals surface area contributed by atoms with E-state index < -0.39 is 0 Å². The Labute approximate surface area is 145 Å². The van der Waals surface area contributed by atoms with Crippen LogP contribution in [-0.4, -0.2) is 31.4 Å². The number of anilines is 1. The van der Waals surface area contributed by atoms with E-state index in [9.17, 15) is 0 Å². The molecule has 2 aromatic rings. The molecule has 1 aromatic carbocycles. The molecule has 1 aliphatic heterocycles. The van der Waals surface area contributed by atoms with Crippen LogP contribution in [0.25, 0.3) is 11.1 Å². The molecule has 0 N–H and O–H groups in total. The second-order valence-corrected chi connectivity index (χ2v) is 6.85. The molecule has 0 amide bonds. The number of benzene rings is 1. The van der Waals surface area contributed by atoms with Crippen LogP contribution >= 0.6 is 0 Å². The van der Waals surface area contributed by atoms with Crippen LogP contribution in [0.2, 0.25) is 0 Å². The van der Waals surface area contributed by atoms with Crippen LogP contribution in [0.4, 0.5) is 5.82 Å². The summed E-state index contributed by atoms with van der Waals surface area (Å²) in [6, 6.07) is 12.8. The number of hydrogen-bond acceptors (Lipinski definition) is 3. The zero-order valence-corrected chi connectivity index (χ0v) is 14.8. The van der Waals surface area contributed by atoms with E-state index in [0.717, 1.165) is 51.0 Å². The summed E-state index contributed by atoms with van der Waals surface area (Å²) in [5.74, 6) is 1.80. The second kappa shape index (κ2) is 8.25. The van der Waals surface area contributed by atoms with Crippen molar-refractivity contribution < 1.29 is 9.42 Å². The molecule has 0 saturated carbocycles. The zero-order valence-electron chi connectivity index (χ0n) is 14.8. The van der Waals surface area contributed by atoms with E-state index in [1.54, 1.807) is 0 Å². The van der Waals surface area contributed by atoms with Crippen LogP contribution in [0.15, 0.2) is 42.6 Å². The molecule has 2 heterocycles. The van der Waals surface area contributed by atoms with E-state index >= 15 is 0 Å². The van der Waals surface area contributed by atoms with Crippen molar-refractivity contribution in [2.75, 3.05) is 31.2 Å². The monoisotopic (exact) mass is 326 g/mol. The molecular formula is C20H28N3O+. The molecule has 128 valence electrons. The summed E-state index contributed by atoms with van der Waals surface area (Å²) in [6.45, 7) is 8.91. The molecule has 0 bridgehead atoms. The standard InChI is InChI=1S/C20H28N3O/c1-17(2)7-6-10-23-16-19(18-8-4-3-5-9-18)15-20(21-23)22-11-13-24-14-12-22/h3-5,8-9,15-17H,6-7,10-14H2,1-2H3/q+1. The first-order chi connectivity index (χ1) is 11.7. The van der Waals surface area contributed by atoms with E-state index in [4.69, 9.17) is 9.84 Å². The van der Waals surface area contributed by atoms with Gasteiger partial charge in [-0.05, 0) is 17.9 Å². The maximum Gasteiger partial charge on any atom is 0.204 e. The summed E-state index contributed by atoms with van der Waals surface area (Å²) in [6.07, 6.45) is 4.58. The smallest absolute Gasteiger partial charge is 0.204 e. The number of hydrogen-bond donors (Lipinski definition) is 0. The Hall–Kier alpha value is -1.94. The third kappa shape index (κ3) is 4.54. The summed E-state index contributed by atoms with van der Waals surface area (Å²) in [5, 5.41) is 4.87. The number of rotatable bonds is 6. The molecule has 0 spiro atoms. The van der Waals surface area contributed by atoms with Crippen molar-refractivity contribution in [3.05, 3.63) is 42.6 Å². The molecule has 1 aliphatic rings. The van der Waals surface area contributed by atoms with Gasteiger partial charge in [-0.1, -0.05) is 48.9 Å². The fourth-order valence-electron chi connectivity index (χ4n) is 3.04. The summed E-state index contributed by atoms with van der Waals surface area (Å²) < 4.78 is 7.60. The number of morpholine rings is 1. The molecule has 0 unspecified atom stereocenters. The lowest BCUT2D eigenvalue weighted by atomic mass is 10.1. The predicted octanol–water partition coefficient (Wildman–Crippen LogP) is 3.31. The average Bonchev–Trinajstić information content (AvgIpc) is 2.63. The van der Waals surface area contributed by atoms with Gasteiger partial charge in [-0.15, -0.1) is 0 Å². The lowest BCUT2D eigenvalue weighted by Crippen LogP contribution is -2.43. The molecular weight excluding hydrogens is 298 g/mol. The zero-order chi connectivity index (χ0) is 16.8. The lowest BCUT2D eigenvalue weighted by Gasteiger charge is -2.26. The van der Waals surface area contributed by atoms with Crippen LogP contribution in [-0.2, 0) is 11.3 Å². The van der Waals surface area contributed by atoms with Gasteiger partial charge in [-0.2, -0.15) is 0 Å². The first-order valence-corrected chi connectivity index (χ1v) is 9.02. The summed E-state index contributed by atoms with van der Waals surface area (Å²) in [4.78, 5) is 2.33. The van der Waals surface area contributed by atoms with E-state index in [-0.39, 0.29) is 0 Å². The van der Waals surface area contributed by atoms with Crippen LogP contribution in [0.1, 0.15) is 26.7 Å². The predicted molar refractivity (Wildman–Crippen MR) is 97.0 cm³/mol. The third-order valence-corrected chi connectivity index (χ3v) is 4.41. The van der Waals surface area contributed by atoms with E-state index in [2.05, 4.69) is 66.0 Å². The number of aryl methyl sites for hydroxylation is 1. The highest BCUT2D eigenvalue weighted by molar-refractivity contribution is 5.64. The molecule has 1 aromatic heterocycles. The van der Waals surface area contributed by atoms with Crippen molar-refractivity contribution in [2.24, 2.45) is 5.92 Å². The third-order valence-electron chi connectivity index (χ3n) is 4.41. The Morgan fingerprint density at radius 2 is 1.88 bits per heavy atom. The Morgan fingerprint density at radius 3 is 2.58 bits per heavy atom. The van der Waals surface area contributed by atoms with Crippen molar-refractivity contribution in [3.63, 3.8) is 0 Å². The number of aromatic nitrogens is 2. The van der Waals surface area contributed by atoms with Crippen LogP contribution in [0, 0.1) is 5.92 Å². The fraction of sp³-hybridized carbons (Fsp3) is 0.500. The highest BCUT2D eigenvalue weighted by Gasteiger charge is 2.18. The molecule has 1 fully saturated rings. The second-order valence-electron chi connectivity index (χ2n) is 6.85. The first kappa shape index (κ1) is 16.9. The lowest BCUT2D eigenvalue weighted by molar-refractivity contribution is -0.752. The van der Waals surface area contributed by atoms with Gasteiger partial charge < -0.3 is 9.64 Å². The van der Waals surface area contributed by atoms with Crippen molar-refractivity contribution in [1.29, 1.82) is 0 Å². The van der Waals surface area contributed by atoms with Crippen LogP contribution in [0.3, 0.4) is 0 Å². The van der Waals surface area contributed by atoms with E-state index in [1.807, 2.05) is 0 Å². The van der Waals surface area contributed by atoms with Gasteiger partial charge in [0.1, 0.15) is 0 Å². The van der Waals surface area contributed by atoms with Crippen molar-refractivity contribution in [2.45, 2.75) is 33.2 Å². The molecule has 0 radical (unpaired) electrons. The van der Waals surface area contributed by atoms with Gasteiger partial charge in [0.05, 0.1) is 18.8 Å². The topological polar surface area (TPSA) is 29.2 Å². The highest BCUT2D eigenvalue weighted by Crippen LogP contribution is 2.21. The van der Waals surface area contributed by atoms with Crippen molar-refractivity contribution >= 4 is 5.82 Å². The van der Waals surface area contributed by atoms with Crippen molar-refractivity contribution in [1.82, 2.24) is 5.10 Å². The minimum absolute atomic E-state index is 0.738. The highest BCUT2D eigenvalue weighted by atomic mass is 16.5. The average molecular weight is 326 g/mol. The Balaban J connectivity index is 1.86. The molecule has 24 heavy (non-hydrogen) atoms. The molecule has 4 nitrogen and oxygen atoms in total. The number of ether oxygens (including phenoxy) is 1. The van der Waals surface area contributed by atoms with Gasteiger partial charge in [-0.3, -0.25) is 0 Å². The van der Waals surface area contributed by atoms with Gasteiger partial charge in [0.15, 0.2) is 12.4 Å². The van der Waals surface area contributed by atoms with Gasteiger partial charge >= 0.3 is 0 Å². The van der Waals surface area contributed by atoms with Gasteiger partial charge in [-0.25, -0.2) is 0 Å². The molecule has 0 atom stereocenters. The van der Waals surface area contributed by atoms with Crippen molar-refractivity contribution in [3.8, 4) is 11.1 Å². The summed E-state index contributed by atoms with van der Waals surface area (Å²) >= 11 is 0. The summed E-state index contributed by atoms with van der Waals surface area (Å²) in [7, 11) is 0. The Bertz CT molecular complexity index is 637. The summed E-state index contributed by atoms with van der Waals surface area (Å²) in [5.41, 5.74) is 2.48. The molecule has 1 saturated heterocycles. The molecule has 0 aliphatic carbocycles. The maximum atomic E-state index is 5.48. The SMILES string of the molecule is CC(C)CCC[n+]1cc(-c2ccccc2)cc(N2CCOCC2)n1. The molecule has 4 heteroatoms. The minimum atomic E-state index is 0.738. The fourth-order valence-corrected chi connectivity index (χ4v) is 3.04. The van der Waals surface area contributed by atoms with Gasteiger partial charge in [0.25, 0.3) is 0 Å². The first-order valence-electron chi connectivity index (χ1n) is 9.02. The van der Waals surface area contributed by atoms with Crippen LogP contribution < -0.4 is 9.58 Å².